The number of hydrogen-bond donors (Lipinski definition) is 0. The Morgan fingerprint density at radius 1 is 1.07 bits per heavy atom. The van der Waals surface area contributed by atoms with Gasteiger partial charge in [0, 0.05) is 4.83 Å². The summed E-state index contributed by atoms with van der Waals surface area (Å²) in [4.78, 5) is 0.665. The maximum absolute atomic E-state index is 3.78. The fourth-order valence-corrected chi connectivity index (χ4v) is 1.90. The van der Waals surface area contributed by atoms with Crippen molar-refractivity contribution in [3.63, 3.8) is 0 Å². The van der Waals surface area contributed by atoms with Gasteiger partial charge in [0.2, 0.25) is 0 Å². The lowest BCUT2D eigenvalue weighted by Crippen LogP contribution is -2.19. The molecule has 90 valence electrons. The first kappa shape index (κ1) is 15.2. The maximum atomic E-state index is 3.78. The molecule has 0 aliphatic heterocycles. The highest BCUT2D eigenvalue weighted by molar-refractivity contribution is 9.09. The van der Waals surface area contributed by atoms with Crippen LogP contribution in [0.15, 0.2) is 12.7 Å². The van der Waals surface area contributed by atoms with Crippen LogP contribution in [0.5, 0.6) is 0 Å². The number of hydrogen-bond acceptors (Lipinski definition) is 0. The van der Waals surface area contributed by atoms with Crippen molar-refractivity contribution in [1.82, 2.24) is 0 Å². The van der Waals surface area contributed by atoms with Gasteiger partial charge in [-0.3, -0.25) is 0 Å². The Morgan fingerprint density at radius 3 is 2.13 bits per heavy atom. The van der Waals surface area contributed by atoms with E-state index in [1.807, 2.05) is 6.08 Å². The molecule has 1 unspecified atom stereocenters. The van der Waals surface area contributed by atoms with Gasteiger partial charge in [-0.05, 0) is 24.7 Å². The van der Waals surface area contributed by atoms with Crippen LogP contribution in [0, 0.1) is 5.41 Å². The maximum Gasteiger partial charge on any atom is 0.0194 e. The Labute approximate surface area is 105 Å². The van der Waals surface area contributed by atoms with E-state index >= 15 is 0 Å². The molecule has 0 aliphatic rings. The topological polar surface area (TPSA) is 0 Å². The van der Waals surface area contributed by atoms with Crippen molar-refractivity contribution in [2.75, 3.05) is 0 Å². The lowest BCUT2D eigenvalue weighted by atomic mass is 9.89. The second-order valence-electron chi connectivity index (χ2n) is 5.47. The van der Waals surface area contributed by atoms with Gasteiger partial charge in [-0.2, -0.15) is 0 Å². The summed E-state index contributed by atoms with van der Waals surface area (Å²) in [6.45, 7) is 10.6. The summed E-state index contributed by atoms with van der Waals surface area (Å²) in [5.41, 5.74) is 0.406. The molecular weight excluding hydrogens is 248 g/mol. The summed E-state index contributed by atoms with van der Waals surface area (Å²) in [7, 11) is 0. The molecule has 15 heavy (non-hydrogen) atoms. The zero-order valence-electron chi connectivity index (χ0n) is 10.7. The van der Waals surface area contributed by atoms with Crippen molar-refractivity contribution in [3.05, 3.63) is 12.7 Å². The molecule has 0 amide bonds. The minimum Gasteiger partial charge on any atom is -0.103 e. The SMILES string of the molecule is C=CCCCCCCCC(Br)C(C)(C)C. The molecule has 0 nitrogen and oxygen atoms in total. The second-order valence-corrected chi connectivity index (χ2v) is 6.57. The highest BCUT2D eigenvalue weighted by Crippen LogP contribution is 2.30. The van der Waals surface area contributed by atoms with Crippen LogP contribution >= 0.6 is 15.9 Å². The summed E-state index contributed by atoms with van der Waals surface area (Å²) >= 11 is 3.78. The van der Waals surface area contributed by atoms with E-state index in [1.165, 1.54) is 44.9 Å². The van der Waals surface area contributed by atoms with Gasteiger partial charge in [-0.1, -0.05) is 68.5 Å². The molecule has 0 bridgehead atoms. The number of allylic oxidation sites excluding steroid dienone is 1. The summed E-state index contributed by atoms with van der Waals surface area (Å²) in [6.07, 6.45) is 11.3. The first-order chi connectivity index (χ1) is 6.98. The molecule has 0 saturated heterocycles. The van der Waals surface area contributed by atoms with Gasteiger partial charge in [0.15, 0.2) is 0 Å². The lowest BCUT2D eigenvalue weighted by molar-refractivity contribution is 0.376. The fourth-order valence-electron chi connectivity index (χ4n) is 1.58. The van der Waals surface area contributed by atoms with Crippen LogP contribution in [0.1, 0.15) is 65.7 Å². The van der Waals surface area contributed by atoms with Crippen molar-refractivity contribution >= 4 is 15.9 Å². The van der Waals surface area contributed by atoms with Crippen molar-refractivity contribution in [3.8, 4) is 0 Å². The number of unbranched alkanes of at least 4 members (excludes halogenated alkanes) is 5. The van der Waals surface area contributed by atoms with E-state index in [0.29, 0.717) is 10.2 Å². The van der Waals surface area contributed by atoms with Crippen LogP contribution in [0.3, 0.4) is 0 Å². The Kier molecular flexibility index (Phi) is 8.50. The van der Waals surface area contributed by atoms with Gasteiger partial charge >= 0.3 is 0 Å². The third-order valence-electron chi connectivity index (χ3n) is 2.81. The average Bonchev–Trinajstić information content (AvgIpc) is 2.14. The minimum atomic E-state index is 0.406. The first-order valence-electron chi connectivity index (χ1n) is 6.23. The van der Waals surface area contributed by atoms with Crippen molar-refractivity contribution in [2.45, 2.75) is 70.5 Å². The van der Waals surface area contributed by atoms with Crippen LogP contribution in [-0.4, -0.2) is 4.83 Å². The van der Waals surface area contributed by atoms with E-state index in [9.17, 15) is 0 Å². The van der Waals surface area contributed by atoms with E-state index in [-0.39, 0.29) is 0 Å². The minimum absolute atomic E-state index is 0.406. The quantitative estimate of drug-likeness (QED) is 0.302. The average molecular weight is 275 g/mol. The van der Waals surface area contributed by atoms with Gasteiger partial charge in [0.05, 0.1) is 0 Å². The van der Waals surface area contributed by atoms with Gasteiger partial charge in [0.25, 0.3) is 0 Å². The van der Waals surface area contributed by atoms with Crippen molar-refractivity contribution in [2.24, 2.45) is 5.41 Å². The summed E-state index contributed by atoms with van der Waals surface area (Å²) in [6, 6.07) is 0. The van der Waals surface area contributed by atoms with Crippen LogP contribution in [0.4, 0.5) is 0 Å². The highest BCUT2D eigenvalue weighted by atomic mass is 79.9. The predicted octanol–water partition coefficient (Wildman–Crippen LogP) is 5.71. The zero-order valence-corrected chi connectivity index (χ0v) is 12.3. The van der Waals surface area contributed by atoms with Crippen LogP contribution in [-0.2, 0) is 0 Å². The molecule has 1 heteroatoms. The molecule has 1 atom stereocenters. The van der Waals surface area contributed by atoms with E-state index in [1.54, 1.807) is 0 Å². The molecule has 0 spiro atoms. The molecule has 0 heterocycles. The van der Waals surface area contributed by atoms with Gasteiger partial charge < -0.3 is 0 Å². The van der Waals surface area contributed by atoms with Crippen molar-refractivity contribution < 1.29 is 0 Å². The molecular formula is C14H27Br. The third kappa shape index (κ3) is 9.17. The Balaban J connectivity index is 3.27. The van der Waals surface area contributed by atoms with Gasteiger partial charge in [0.1, 0.15) is 0 Å². The van der Waals surface area contributed by atoms with Gasteiger partial charge in [-0.15, -0.1) is 6.58 Å². The largest absolute Gasteiger partial charge is 0.103 e. The highest BCUT2D eigenvalue weighted by Gasteiger charge is 2.20. The monoisotopic (exact) mass is 274 g/mol. The molecule has 0 aromatic carbocycles. The molecule has 0 N–H and O–H groups in total. The van der Waals surface area contributed by atoms with Crippen LogP contribution in [0.2, 0.25) is 0 Å². The van der Waals surface area contributed by atoms with Crippen LogP contribution in [0.25, 0.3) is 0 Å². The zero-order chi connectivity index (χ0) is 11.7. The number of rotatable bonds is 8. The summed E-state index contributed by atoms with van der Waals surface area (Å²) in [5.74, 6) is 0. The van der Waals surface area contributed by atoms with Crippen molar-refractivity contribution in [1.29, 1.82) is 0 Å². The predicted molar refractivity (Wildman–Crippen MR) is 74.7 cm³/mol. The molecule has 0 rings (SSSR count). The molecule has 0 fully saturated rings. The fraction of sp³-hybridized carbons (Fsp3) is 0.857. The standard InChI is InChI=1S/C14H27Br/c1-5-6-7-8-9-10-11-12-13(15)14(2,3)4/h5,13H,1,6-12H2,2-4H3. The summed E-state index contributed by atoms with van der Waals surface area (Å²) in [5, 5.41) is 0. The molecule has 0 aliphatic carbocycles. The van der Waals surface area contributed by atoms with E-state index in [2.05, 4.69) is 43.3 Å². The van der Waals surface area contributed by atoms with E-state index in [4.69, 9.17) is 0 Å². The Hall–Kier alpha value is 0.220. The Bertz CT molecular complexity index is 155. The van der Waals surface area contributed by atoms with Gasteiger partial charge in [-0.25, -0.2) is 0 Å². The first-order valence-corrected chi connectivity index (χ1v) is 7.15. The van der Waals surface area contributed by atoms with Crippen LogP contribution < -0.4 is 0 Å². The smallest absolute Gasteiger partial charge is 0.0194 e. The number of halogens is 1. The Morgan fingerprint density at radius 2 is 1.60 bits per heavy atom. The molecule has 0 radical (unpaired) electrons. The molecule has 0 aromatic rings. The third-order valence-corrected chi connectivity index (χ3v) is 4.64. The van der Waals surface area contributed by atoms with E-state index in [0.717, 1.165) is 0 Å². The lowest BCUT2D eigenvalue weighted by Gasteiger charge is -2.25. The second kappa shape index (κ2) is 8.38. The normalized spacial score (nSPS) is 13.9. The molecule has 0 saturated carbocycles. The molecule has 0 aromatic heterocycles. The summed E-state index contributed by atoms with van der Waals surface area (Å²) < 4.78 is 0. The van der Waals surface area contributed by atoms with E-state index < -0.39 is 0 Å². The number of alkyl halides is 1.